The lowest BCUT2D eigenvalue weighted by Crippen LogP contribution is -2.38. The molecule has 0 unspecified atom stereocenters. The number of rotatable bonds is 6. The zero-order valence-corrected chi connectivity index (χ0v) is 14.5. The van der Waals surface area contributed by atoms with Crippen LogP contribution in [0.5, 0.6) is 0 Å². The van der Waals surface area contributed by atoms with Gasteiger partial charge in [-0.1, -0.05) is 13.0 Å². The van der Waals surface area contributed by atoms with Gasteiger partial charge in [-0.15, -0.1) is 5.06 Å². The summed E-state index contributed by atoms with van der Waals surface area (Å²) >= 11 is 0. The summed E-state index contributed by atoms with van der Waals surface area (Å²) in [4.78, 5) is 39.2. The zero-order valence-electron chi connectivity index (χ0n) is 13.7. The van der Waals surface area contributed by atoms with Crippen molar-refractivity contribution in [3.05, 3.63) is 12.4 Å². The summed E-state index contributed by atoms with van der Waals surface area (Å²) in [6.07, 6.45) is 1.52. The molecule has 3 aliphatic rings. The molecule has 0 bridgehead atoms. The number of fused-ring (bicyclic) bond motifs is 1. The maximum atomic E-state index is 12.2. The van der Waals surface area contributed by atoms with Gasteiger partial charge >= 0.3 is 5.97 Å². The average molecular weight is 371 g/mol. The predicted octanol–water partition coefficient (Wildman–Crippen LogP) is -0.648. The molecular weight excluding hydrogens is 350 g/mol. The van der Waals surface area contributed by atoms with Gasteiger partial charge in [-0.2, -0.15) is 0 Å². The molecule has 0 aromatic carbocycles. The van der Waals surface area contributed by atoms with Crippen LogP contribution in [-0.2, 0) is 29.1 Å². The molecule has 138 valence electrons. The van der Waals surface area contributed by atoms with Crippen LogP contribution in [0.4, 0.5) is 0 Å². The summed E-state index contributed by atoms with van der Waals surface area (Å²) in [5.74, 6) is -0.971. The van der Waals surface area contributed by atoms with E-state index in [9.17, 15) is 22.8 Å². The van der Waals surface area contributed by atoms with E-state index in [-0.39, 0.29) is 37.1 Å². The maximum Gasteiger partial charge on any atom is 0.333 e. The molecule has 9 nitrogen and oxygen atoms in total. The number of nitrogens with one attached hydrogen (secondary N) is 2. The lowest BCUT2D eigenvalue weighted by atomic mass is 10.0. The normalized spacial score (nSPS) is 30.2. The topological polar surface area (TPSA) is 122 Å². The number of carbonyl (C=O) groups excluding carboxylic acids is 3. The summed E-state index contributed by atoms with van der Waals surface area (Å²) in [6, 6.07) is -0.344. The van der Waals surface area contributed by atoms with Gasteiger partial charge in [0, 0.05) is 19.3 Å². The van der Waals surface area contributed by atoms with Crippen LogP contribution in [0.2, 0.25) is 0 Å². The summed E-state index contributed by atoms with van der Waals surface area (Å²) in [5.41, 5.74) is 0. The second kappa shape index (κ2) is 6.66. The second-order valence-corrected chi connectivity index (χ2v) is 8.82. The molecule has 3 fully saturated rings. The van der Waals surface area contributed by atoms with E-state index in [4.69, 9.17) is 4.84 Å². The van der Waals surface area contributed by atoms with Gasteiger partial charge in [0.1, 0.15) is 0 Å². The van der Waals surface area contributed by atoms with Gasteiger partial charge in [-0.3, -0.25) is 9.59 Å². The highest BCUT2D eigenvalue weighted by atomic mass is 32.2. The highest BCUT2D eigenvalue weighted by molar-refractivity contribution is 7.92. The number of carbonyl (C=O) groups is 3. The van der Waals surface area contributed by atoms with Crippen molar-refractivity contribution in [1.29, 1.82) is 0 Å². The van der Waals surface area contributed by atoms with Crippen LogP contribution in [0.1, 0.15) is 38.5 Å². The number of imide groups is 1. The van der Waals surface area contributed by atoms with Gasteiger partial charge in [-0.05, 0) is 12.8 Å². The Morgan fingerprint density at radius 1 is 1.20 bits per heavy atom. The minimum atomic E-state index is -3.18. The lowest BCUT2D eigenvalue weighted by Gasteiger charge is -2.17. The van der Waals surface area contributed by atoms with Crippen LogP contribution in [0.3, 0.4) is 0 Å². The Bertz CT molecular complexity index is 703. The predicted molar refractivity (Wildman–Crippen MR) is 86.2 cm³/mol. The molecule has 3 heterocycles. The van der Waals surface area contributed by atoms with Crippen LogP contribution in [0.25, 0.3) is 0 Å². The minimum Gasteiger partial charge on any atom is -0.367 e. The molecule has 2 amide bonds. The van der Waals surface area contributed by atoms with Gasteiger partial charge in [0.2, 0.25) is 0 Å². The number of sulfone groups is 1. The van der Waals surface area contributed by atoms with E-state index in [1.54, 1.807) is 0 Å². The van der Waals surface area contributed by atoms with Gasteiger partial charge in [0.25, 0.3) is 11.8 Å². The third kappa shape index (κ3) is 3.63. The third-order valence-electron chi connectivity index (χ3n) is 4.73. The molecule has 0 aliphatic carbocycles. The second-order valence-electron chi connectivity index (χ2n) is 6.56. The van der Waals surface area contributed by atoms with Gasteiger partial charge in [0.05, 0.1) is 28.9 Å². The van der Waals surface area contributed by atoms with Gasteiger partial charge in [0.15, 0.2) is 9.84 Å². The van der Waals surface area contributed by atoms with E-state index < -0.39 is 32.9 Å². The molecule has 3 rings (SSSR count). The van der Waals surface area contributed by atoms with Crippen LogP contribution in [0, 0.1) is 0 Å². The van der Waals surface area contributed by atoms with E-state index in [0.29, 0.717) is 30.1 Å². The maximum absolute atomic E-state index is 12.2. The van der Waals surface area contributed by atoms with E-state index in [1.165, 1.54) is 0 Å². The molecule has 3 saturated heterocycles. The fourth-order valence-electron chi connectivity index (χ4n) is 3.53. The third-order valence-corrected chi connectivity index (χ3v) is 7.00. The van der Waals surface area contributed by atoms with Gasteiger partial charge < -0.3 is 15.5 Å². The standard InChI is InChI=1S/C15H21N3O6S/c1-9-16-10-8-25(22,23)11(15(10)17-9)4-2-3-5-14(21)24-18-12(19)6-7-13(18)20/h10-11,15-17H,1-8H2/t10-,11-,15-/m0/s1. The zero-order chi connectivity index (χ0) is 18.2. The Labute approximate surface area is 145 Å². The molecule has 3 atom stereocenters. The minimum absolute atomic E-state index is 0.0241. The van der Waals surface area contributed by atoms with Crippen molar-refractivity contribution in [1.82, 2.24) is 15.7 Å². The fraction of sp³-hybridized carbons (Fsp3) is 0.667. The summed E-state index contributed by atoms with van der Waals surface area (Å²) in [7, 11) is -3.18. The fourth-order valence-corrected chi connectivity index (χ4v) is 5.80. The van der Waals surface area contributed by atoms with Crippen LogP contribution in [-0.4, -0.2) is 54.4 Å². The van der Waals surface area contributed by atoms with Gasteiger partial charge in [-0.25, -0.2) is 13.2 Å². The molecule has 0 radical (unpaired) electrons. The van der Waals surface area contributed by atoms with Crippen LogP contribution < -0.4 is 10.6 Å². The van der Waals surface area contributed by atoms with E-state index in [0.717, 1.165) is 0 Å². The molecule has 3 aliphatic heterocycles. The summed E-state index contributed by atoms with van der Waals surface area (Å²) in [5, 5.41) is 6.11. The number of hydroxylamine groups is 2. The molecule has 0 saturated carbocycles. The summed E-state index contributed by atoms with van der Waals surface area (Å²) in [6.45, 7) is 3.76. The highest BCUT2D eigenvalue weighted by Gasteiger charge is 2.49. The molecular formula is C15H21N3O6S. The molecule has 0 aromatic heterocycles. The SMILES string of the molecule is C=C1N[C@H]2[C@H](CS(=O)(=O)[C@H]2CCCCC(=O)ON2C(=O)CCC2=O)N1. The van der Waals surface area contributed by atoms with Crippen molar-refractivity contribution in [3.8, 4) is 0 Å². The molecule has 10 heteroatoms. The first-order valence-electron chi connectivity index (χ1n) is 8.28. The van der Waals surface area contributed by atoms with Crippen molar-refractivity contribution in [2.75, 3.05) is 5.75 Å². The molecule has 0 spiro atoms. The van der Waals surface area contributed by atoms with Crippen molar-refractivity contribution in [2.24, 2.45) is 0 Å². The van der Waals surface area contributed by atoms with E-state index in [1.807, 2.05) is 0 Å². The van der Waals surface area contributed by atoms with Crippen LogP contribution >= 0.6 is 0 Å². The Kier molecular flexibility index (Phi) is 4.72. The summed E-state index contributed by atoms with van der Waals surface area (Å²) < 4.78 is 24.5. The largest absolute Gasteiger partial charge is 0.367 e. The number of hydrogen-bond donors (Lipinski definition) is 2. The van der Waals surface area contributed by atoms with Crippen molar-refractivity contribution in [3.63, 3.8) is 0 Å². The quantitative estimate of drug-likeness (QED) is 0.467. The van der Waals surface area contributed by atoms with Crippen molar-refractivity contribution in [2.45, 2.75) is 55.9 Å². The first kappa shape index (κ1) is 17.7. The molecule has 0 aromatic rings. The number of hydrogen-bond acceptors (Lipinski definition) is 8. The van der Waals surface area contributed by atoms with E-state index >= 15 is 0 Å². The lowest BCUT2D eigenvalue weighted by molar-refractivity contribution is -0.197. The number of unbranched alkanes of at least 4 members (excludes halogenated alkanes) is 1. The Morgan fingerprint density at radius 3 is 2.56 bits per heavy atom. The number of nitrogens with zero attached hydrogens (tertiary/aromatic N) is 1. The molecule has 25 heavy (non-hydrogen) atoms. The first-order valence-corrected chi connectivity index (χ1v) is 9.99. The highest BCUT2D eigenvalue weighted by Crippen LogP contribution is 2.29. The molecule has 2 N–H and O–H groups in total. The number of amides is 2. The monoisotopic (exact) mass is 371 g/mol. The van der Waals surface area contributed by atoms with Crippen molar-refractivity contribution >= 4 is 27.6 Å². The van der Waals surface area contributed by atoms with Crippen molar-refractivity contribution < 1.29 is 27.6 Å². The average Bonchev–Trinajstić information content (AvgIpc) is 3.09. The Hall–Kier alpha value is -2.10. The smallest absolute Gasteiger partial charge is 0.333 e. The Morgan fingerprint density at radius 2 is 1.88 bits per heavy atom. The van der Waals surface area contributed by atoms with Crippen LogP contribution in [0.15, 0.2) is 12.4 Å². The first-order chi connectivity index (χ1) is 11.8. The van der Waals surface area contributed by atoms with E-state index in [2.05, 4.69) is 17.2 Å². The Balaban J connectivity index is 1.43.